The molecule has 1 aliphatic rings. The Hall–Kier alpha value is -1.42. The Bertz CT molecular complexity index is 455. The number of carbonyl (C=O) groups is 1. The third kappa shape index (κ3) is 3.13. The lowest BCUT2D eigenvalue weighted by atomic mass is 9.75. The van der Waals surface area contributed by atoms with E-state index in [0.717, 1.165) is 18.4 Å². The van der Waals surface area contributed by atoms with Crippen LogP contribution >= 0.6 is 0 Å². The molecule has 0 bridgehead atoms. The van der Waals surface area contributed by atoms with Crippen molar-refractivity contribution in [1.29, 1.82) is 0 Å². The van der Waals surface area contributed by atoms with E-state index in [4.69, 9.17) is 5.11 Å². The van der Waals surface area contributed by atoms with Gasteiger partial charge in [0.15, 0.2) is 0 Å². The van der Waals surface area contributed by atoms with Gasteiger partial charge in [-0.25, -0.2) is 4.39 Å². The summed E-state index contributed by atoms with van der Waals surface area (Å²) in [5.74, 6) is -0.723. The lowest BCUT2D eigenvalue weighted by molar-refractivity contribution is -0.141. The molecule has 1 aromatic rings. The van der Waals surface area contributed by atoms with Crippen LogP contribution in [-0.2, 0) is 4.79 Å². The molecule has 104 valence electrons. The van der Waals surface area contributed by atoms with Gasteiger partial charge in [0.25, 0.3) is 0 Å². The largest absolute Gasteiger partial charge is 0.480 e. The van der Waals surface area contributed by atoms with E-state index in [1.807, 2.05) is 26.0 Å². The van der Waals surface area contributed by atoms with Crippen LogP contribution in [0.1, 0.15) is 38.2 Å². The molecule has 0 aliphatic heterocycles. The van der Waals surface area contributed by atoms with Gasteiger partial charge < -0.3 is 10.4 Å². The highest BCUT2D eigenvalue weighted by Crippen LogP contribution is 2.38. The maximum atomic E-state index is 13.6. The molecule has 0 saturated heterocycles. The summed E-state index contributed by atoms with van der Waals surface area (Å²) in [7, 11) is 0. The van der Waals surface area contributed by atoms with Crippen molar-refractivity contribution in [1.82, 2.24) is 5.32 Å². The Morgan fingerprint density at radius 1 is 1.37 bits per heavy atom. The smallest absolute Gasteiger partial charge is 0.320 e. The summed E-state index contributed by atoms with van der Waals surface area (Å²) in [6.45, 7) is 3.78. The first-order valence-electron chi connectivity index (χ1n) is 6.72. The third-order valence-electron chi connectivity index (χ3n) is 3.83. The topological polar surface area (TPSA) is 49.3 Å². The standard InChI is InChI=1S/C15H20FNO2/c1-9(2)14(15(18)19)17-11-7-10(8-11)12-5-3-4-6-13(12)16/h3-6,9-11,14,17H,7-8H2,1-2H3,(H,18,19). The molecular weight excluding hydrogens is 245 g/mol. The van der Waals surface area contributed by atoms with E-state index < -0.39 is 12.0 Å². The monoisotopic (exact) mass is 265 g/mol. The second-order valence-electron chi connectivity index (χ2n) is 5.61. The van der Waals surface area contributed by atoms with Gasteiger partial charge in [0.2, 0.25) is 0 Å². The van der Waals surface area contributed by atoms with Crippen molar-refractivity contribution in [3.8, 4) is 0 Å². The molecule has 2 N–H and O–H groups in total. The lowest BCUT2D eigenvalue weighted by Crippen LogP contribution is -2.51. The van der Waals surface area contributed by atoms with Crippen LogP contribution in [0.5, 0.6) is 0 Å². The highest BCUT2D eigenvalue weighted by molar-refractivity contribution is 5.73. The molecule has 0 heterocycles. The summed E-state index contributed by atoms with van der Waals surface area (Å²) >= 11 is 0. The van der Waals surface area contributed by atoms with Gasteiger partial charge in [0, 0.05) is 6.04 Å². The normalized spacial score (nSPS) is 24.0. The van der Waals surface area contributed by atoms with Crippen molar-refractivity contribution < 1.29 is 14.3 Å². The van der Waals surface area contributed by atoms with Gasteiger partial charge in [-0.05, 0) is 36.3 Å². The number of rotatable bonds is 5. The van der Waals surface area contributed by atoms with Gasteiger partial charge in [0.1, 0.15) is 11.9 Å². The van der Waals surface area contributed by atoms with Crippen molar-refractivity contribution in [2.75, 3.05) is 0 Å². The summed E-state index contributed by atoms with van der Waals surface area (Å²) in [6.07, 6.45) is 1.61. The van der Waals surface area contributed by atoms with Crippen molar-refractivity contribution in [2.24, 2.45) is 5.92 Å². The fourth-order valence-corrected chi connectivity index (χ4v) is 2.62. The second-order valence-corrected chi connectivity index (χ2v) is 5.61. The fraction of sp³-hybridized carbons (Fsp3) is 0.533. The highest BCUT2D eigenvalue weighted by Gasteiger charge is 2.35. The predicted octanol–water partition coefficient (Wildman–Crippen LogP) is 2.77. The van der Waals surface area contributed by atoms with Gasteiger partial charge >= 0.3 is 5.97 Å². The number of hydrogen-bond acceptors (Lipinski definition) is 2. The van der Waals surface area contributed by atoms with Crippen LogP contribution < -0.4 is 5.32 Å². The predicted molar refractivity (Wildman–Crippen MR) is 71.6 cm³/mol. The first kappa shape index (κ1) is 14.0. The van der Waals surface area contributed by atoms with Gasteiger partial charge in [-0.3, -0.25) is 4.79 Å². The van der Waals surface area contributed by atoms with Crippen LogP contribution in [0.15, 0.2) is 24.3 Å². The van der Waals surface area contributed by atoms with Crippen LogP contribution in [-0.4, -0.2) is 23.2 Å². The molecule has 4 heteroatoms. The van der Waals surface area contributed by atoms with Gasteiger partial charge in [-0.15, -0.1) is 0 Å². The van der Waals surface area contributed by atoms with Crippen LogP contribution in [0, 0.1) is 11.7 Å². The maximum absolute atomic E-state index is 13.6. The fourth-order valence-electron chi connectivity index (χ4n) is 2.62. The summed E-state index contributed by atoms with van der Waals surface area (Å²) in [5.41, 5.74) is 0.747. The molecule has 3 nitrogen and oxygen atoms in total. The molecule has 1 saturated carbocycles. The minimum atomic E-state index is -0.815. The van der Waals surface area contributed by atoms with Crippen LogP contribution in [0.3, 0.4) is 0 Å². The number of aliphatic carboxylic acids is 1. The molecule has 0 radical (unpaired) electrons. The molecule has 1 fully saturated rings. The number of carboxylic acids is 1. The number of carboxylic acid groups (broad SMARTS) is 1. The second kappa shape index (κ2) is 5.70. The summed E-state index contributed by atoms with van der Waals surface area (Å²) < 4.78 is 13.6. The van der Waals surface area contributed by atoms with E-state index in [2.05, 4.69) is 5.32 Å². The van der Waals surface area contributed by atoms with Gasteiger partial charge in [-0.1, -0.05) is 32.0 Å². The Labute approximate surface area is 112 Å². The number of nitrogens with one attached hydrogen (secondary N) is 1. The zero-order valence-electron chi connectivity index (χ0n) is 11.3. The van der Waals surface area contributed by atoms with Crippen molar-refractivity contribution in [3.05, 3.63) is 35.6 Å². The van der Waals surface area contributed by atoms with Crippen molar-refractivity contribution in [2.45, 2.75) is 44.7 Å². The lowest BCUT2D eigenvalue weighted by Gasteiger charge is -2.38. The third-order valence-corrected chi connectivity index (χ3v) is 3.83. The number of hydrogen-bond donors (Lipinski definition) is 2. The highest BCUT2D eigenvalue weighted by atomic mass is 19.1. The maximum Gasteiger partial charge on any atom is 0.320 e. The van der Waals surface area contributed by atoms with Crippen LogP contribution in [0.25, 0.3) is 0 Å². The van der Waals surface area contributed by atoms with E-state index in [1.165, 1.54) is 6.07 Å². The minimum Gasteiger partial charge on any atom is -0.480 e. The van der Waals surface area contributed by atoms with E-state index in [-0.39, 0.29) is 23.7 Å². The first-order valence-corrected chi connectivity index (χ1v) is 6.72. The molecule has 0 aromatic heterocycles. The van der Waals surface area contributed by atoms with Crippen molar-refractivity contribution in [3.63, 3.8) is 0 Å². The van der Waals surface area contributed by atoms with Gasteiger partial charge in [0.05, 0.1) is 0 Å². The van der Waals surface area contributed by atoms with E-state index >= 15 is 0 Å². The Morgan fingerprint density at radius 2 is 2.00 bits per heavy atom. The summed E-state index contributed by atoms with van der Waals surface area (Å²) in [4.78, 5) is 11.1. The van der Waals surface area contributed by atoms with E-state index in [0.29, 0.717) is 0 Å². The Balaban J connectivity index is 1.90. The number of benzene rings is 1. The Morgan fingerprint density at radius 3 is 2.53 bits per heavy atom. The van der Waals surface area contributed by atoms with E-state index in [1.54, 1.807) is 6.07 Å². The molecule has 1 unspecified atom stereocenters. The summed E-state index contributed by atoms with van der Waals surface area (Å²) in [5, 5.41) is 12.3. The summed E-state index contributed by atoms with van der Waals surface area (Å²) in [6, 6.07) is 6.47. The van der Waals surface area contributed by atoms with E-state index in [9.17, 15) is 9.18 Å². The molecule has 0 spiro atoms. The van der Waals surface area contributed by atoms with Crippen LogP contribution in [0.2, 0.25) is 0 Å². The minimum absolute atomic E-state index is 0.0463. The molecule has 1 aliphatic carbocycles. The van der Waals surface area contributed by atoms with Gasteiger partial charge in [-0.2, -0.15) is 0 Å². The zero-order chi connectivity index (χ0) is 14.0. The zero-order valence-corrected chi connectivity index (χ0v) is 11.3. The molecule has 1 atom stereocenters. The average Bonchev–Trinajstić information content (AvgIpc) is 2.28. The number of halogens is 1. The Kier molecular flexibility index (Phi) is 4.20. The molecule has 2 rings (SSSR count). The molecule has 1 aromatic carbocycles. The average molecular weight is 265 g/mol. The first-order chi connectivity index (χ1) is 8.99. The molecule has 0 amide bonds. The molecular formula is C15H20FNO2. The van der Waals surface area contributed by atoms with Crippen LogP contribution in [0.4, 0.5) is 4.39 Å². The molecule has 19 heavy (non-hydrogen) atoms. The quantitative estimate of drug-likeness (QED) is 0.860. The van der Waals surface area contributed by atoms with Crippen molar-refractivity contribution >= 4 is 5.97 Å². The SMILES string of the molecule is CC(C)C(NC1CC(c2ccccc2F)C1)C(=O)O.